The number of pyridine rings is 1. The van der Waals surface area contributed by atoms with Gasteiger partial charge in [0.15, 0.2) is 0 Å². The lowest BCUT2D eigenvalue weighted by atomic mass is 9.91. The molecule has 1 aliphatic heterocycles. The third-order valence-corrected chi connectivity index (χ3v) is 12.2. The van der Waals surface area contributed by atoms with Crippen LogP contribution in [0.3, 0.4) is 0 Å². The number of allylic oxidation sites excluding steroid dienone is 3. The number of anilines is 2. The van der Waals surface area contributed by atoms with Gasteiger partial charge in [0.25, 0.3) is 0 Å². The van der Waals surface area contributed by atoms with Crippen molar-refractivity contribution in [3.8, 4) is 28.1 Å². The van der Waals surface area contributed by atoms with E-state index in [1.165, 1.54) is 64.7 Å². The number of rotatable bonds is 4. The van der Waals surface area contributed by atoms with Gasteiger partial charge in [0, 0.05) is 42.9 Å². The quantitative estimate of drug-likeness (QED) is 0.186. The molecule has 242 valence electrons. The van der Waals surface area contributed by atoms with Crippen molar-refractivity contribution >= 4 is 60.8 Å². The molecule has 0 spiro atoms. The molecule has 0 fully saturated rings. The fraction of sp³-hybridized carbons (Fsp3) is 0.0851. The Bertz CT molecular complexity index is 2780. The topological polar surface area (TPSA) is 21.1 Å². The molecule has 3 nitrogen and oxygen atoms in total. The van der Waals surface area contributed by atoms with Gasteiger partial charge in [-0.1, -0.05) is 121 Å². The van der Waals surface area contributed by atoms with Crippen molar-refractivity contribution in [2.24, 2.45) is 0 Å². The number of aromatic nitrogens is 2. The van der Waals surface area contributed by atoms with Crippen molar-refractivity contribution < 1.29 is 0 Å². The van der Waals surface area contributed by atoms with Crippen LogP contribution in [0, 0.1) is 0 Å². The largest absolute Gasteiger partial charge is 0.316 e. The number of nitrogens with zero attached hydrogens (tertiary/aromatic N) is 3. The van der Waals surface area contributed by atoms with Crippen molar-refractivity contribution in [1.82, 2.24) is 9.55 Å². The van der Waals surface area contributed by atoms with Gasteiger partial charge in [-0.05, 0) is 77.6 Å². The number of fused-ring (bicyclic) bond motifs is 10. The molecule has 0 radical (unpaired) electrons. The maximum atomic E-state index is 5.34. The molecule has 0 N–H and O–H groups in total. The Morgan fingerprint density at radius 2 is 1.51 bits per heavy atom. The van der Waals surface area contributed by atoms with Crippen molar-refractivity contribution in [2.75, 3.05) is 4.90 Å². The molecule has 3 aliphatic rings. The molecule has 5 aromatic carbocycles. The Hall–Kier alpha value is -5.97. The average molecular weight is 672 g/mol. The predicted molar refractivity (Wildman–Crippen MR) is 216 cm³/mol. The zero-order valence-corrected chi connectivity index (χ0v) is 28.7. The molecule has 2 unspecified atom stereocenters. The number of para-hydroxylation sites is 1. The number of benzene rings is 5. The van der Waals surface area contributed by atoms with Gasteiger partial charge < -0.3 is 9.47 Å². The van der Waals surface area contributed by atoms with Gasteiger partial charge >= 0.3 is 0 Å². The van der Waals surface area contributed by atoms with Crippen molar-refractivity contribution in [3.63, 3.8) is 0 Å². The second kappa shape index (κ2) is 11.3. The highest BCUT2D eigenvalue weighted by molar-refractivity contribution is 7.19. The van der Waals surface area contributed by atoms with Gasteiger partial charge in [-0.3, -0.25) is 0 Å². The van der Waals surface area contributed by atoms with Crippen LogP contribution in [0.2, 0.25) is 0 Å². The first-order valence-electron chi connectivity index (χ1n) is 17.9. The molecule has 8 aromatic rings. The van der Waals surface area contributed by atoms with E-state index in [0.29, 0.717) is 0 Å². The van der Waals surface area contributed by atoms with Crippen molar-refractivity contribution in [3.05, 3.63) is 174 Å². The number of hydrogen-bond acceptors (Lipinski definition) is 3. The molecule has 3 aromatic heterocycles. The molecule has 4 heterocycles. The molecular weight excluding hydrogens is 639 g/mol. The van der Waals surface area contributed by atoms with E-state index in [9.17, 15) is 0 Å². The van der Waals surface area contributed by atoms with E-state index >= 15 is 0 Å². The van der Waals surface area contributed by atoms with E-state index in [1.54, 1.807) is 0 Å². The van der Waals surface area contributed by atoms with E-state index in [1.807, 2.05) is 11.3 Å². The van der Waals surface area contributed by atoms with Gasteiger partial charge in [-0.15, -0.1) is 11.3 Å². The highest BCUT2D eigenvalue weighted by Crippen LogP contribution is 2.52. The fourth-order valence-electron chi connectivity index (χ4n) is 8.67. The van der Waals surface area contributed by atoms with Gasteiger partial charge in [0.05, 0.1) is 28.5 Å². The van der Waals surface area contributed by atoms with Crippen LogP contribution in [0.25, 0.3) is 66.0 Å². The summed E-state index contributed by atoms with van der Waals surface area (Å²) in [5.74, 6) is 1.19. The first kappa shape index (κ1) is 28.8. The summed E-state index contributed by atoms with van der Waals surface area (Å²) in [6.45, 7) is 0. The van der Waals surface area contributed by atoms with Crippen LogP contribution < -0.4 is 4.90 Å². The van der Waals surface area contributed by atoms with E-state index in [0.717, 1.165) is 35.6 Å². The number of hydrogen-bond donors (Lipinski definition) is 0. The molecule has 0 saturated heterocycles. The number of thiophene rings is 1. The summed E-state index contributed by atoms with van der Waals surface area (Å²) in [7, 11) is 0. The Morgan fingerprint density at radius 3 is 2.47 bits per heavy atom. The minimum atomic E-state index is 0.129. The zero-order valence-electron chi connectivity index (χ0n) is 27.9. The molecule has 4 heteroatoms. The second-order valence-corrected chi connectivity index (χ2v) is 14.9. The predicted octanol–water partition coefficient (Wildman–Crippen LogP) is 12.4. The summed E-state index contributed by atoms with van der Waals surface area (Å²) >= 11 is 1.95. The first-order chi connectivity index (χ1) is 25.3. The summed E-state index contributed by atoms with van der Waals surface area (Å²) in [5.41, 5.74) is 12.1. The Labute approximate surface area is 300 Å². The first-order valence-corrected chi connectivity index (χ1v) is 18.7. The fourth-order valence-corrected chi connectivity index (χ4v) is 9.86. The number of aryl methyl sites for hydroxylation is 1. The lowest BCUT2D eigenvalue weighted by Crippen LogP contribution is -2.29. The van der Waals surface area contributed by atoms with Crippen molar-refractivity contribution in [2.45, 2.75) is 24.8 Å². The Morgan fingerprint density at radius 1 is 0.667 bits per heavy atom. The zero-order chi connectivity index (χ0) is 33.5. The second-order valence-electron chi connectivity index (χ2n) is 13.8. The summed E-state index contributed by atoms with van der Waals surface area (Å²) in [6, 6.07) is 46.8. The lowest BCUT2D eigenvalue weighted by Gasteiger charge is -2.28. The van der Waals surface area contributed by atoms with Crippen LogP contribution in [-0.2, 0) is 6.42 Å². The van der Waals surface area contributed by atoms with Crippen LogP contribution >= 0.6 is 11.3 Å². The minimum absolute atomic E-state index is 0.129. The summed E-state index contributed by atoms with van der Waals surface area (Å²) < 4.78 is 3.87. The average Bonchev–Trinajstić information content (AvgIpc) is 3.86. The molecule has 2 atom stereocenters. The molecule has 0 saturated carbocycles. The van der Waals surface area contributed by atoms with E-state index < -0.39 is 0 Å². The summed E-state index contributed by atoms with van der Waals surface area (Å²) in [5, 5.41) is 3.88. The monoisotopic (exact) mass is 671 g/mol. The van der Waals surface area contributed by atoms with E-state index in [4.69, 9.17) is 4.98 Å². The molecular formula is C47H33N3S. The summed E-state index contributed by atoms with van der Waals surface area (Å²) in [6.07, 6.45) is 16.0. The van der Waals surface area contributed by atoms with Crippen LogP contribution in [-0.4, -0.2) is 15.6 Å². The molecule has 0 bridgehead atoms. The Kier molecular flexibility index (Phi) is 6.37. The summed E-state index contributed by atoms with van der Waals surface area (Å²) in [4.78, 5) is 9.34. The molecule has 11 rings (SSSR count). The maximum Gasteiger partial charge on any atom is 0.134 e. The van der Waals surface area contributed by atoms with Gasteiger partial charge in [0.2, 0.25) is 0 Å². The van der Waals surface area contributed by atoms with Crippen LogP contribution in [0.4, 0.5) is 11.5 Å². The Balaban J connectivity index is 1.14. The third kappa shape index (κ3) is 4.40. The molecule has 51 heavy (non-hydrogen) atoms. The van der Waals surface area contributed by atoms with E-state index in [2.05, 4.69) is 173 Å². The van der Waals surface area contributed by atoms with Gasteiger partial charge in [-0.2, -0.15) is 0 Å². The maximum absolute atomic E-state index is 5.34. The SMILES string of the molecule is C1=CC2c3ccc4c5ccccc5n(-c5cccc(-c6ccc7sc8c(c7c6)C=CCC8)c5)c4c3N(c3cccc(-c4ccccc4)n3)C2C=C1. The molecule has 2 aliphatic carbocycles. The van der Waals surface area contributed by atoms with Gasteiger partial charge in [0.1, 0.15) is 5.82 Å². The van der Waals surface area contributed by atoms with E-state index in [-0.39, 0.29) is 12.0 Å². The van der Waals surface area contributed by atoms with Crippen molar-refractivity contribution in [1.29, 1.82) is 0 Å². The molecule has 0 amide bonds. The minimum Gasteiger partial charge on any atom is -0.316 e. The van der Waals surface area contributed by atoms with Gasteiger partial charge in [-0.25, -0.2) is 4.98 Å². The van der Waals surface area contributed by atoms with Crippen LogP contribution in [0.5, 0.6) is 0 Å². The smallest absolute Gasteiger partial charge is 0.134 e. The lowest BCUT2D eigenvalue weighted by molar-refractivity contribution is 0.738. The van der Waals surface area contributed by atoms with Crippen LogP contribution in [0.1, 0.15) is 28.3 Å². The third-order valence-electron chi connectivity index (χ3n) is 11.0. The highest BCUT2D eigenvalue weighted by atomic mass is 32.1. The van der Waals surface area contributed by atoms with Crippen LogP contribution in [0.15, 0.2) is 158 Å². The highest BCUT2D eigenvalue weighted by Gasteiger charge is 2.40. The standard InChI is InChI=1S/C47H33N3S/c1-2-12-30(13-3-1)40-19-11-23-45(48-40)50-42-21-8-5-17-35(42)38-26-25-37-34-16-4-7-20-41(34)49(46(37)47(38)50)33-15-10-14-31(28-33)32-24-27-44-39(29-32)36-18-6-9-22-43(36)51-44/h1-8,10-21,23-29,35,42H,9,22H2. The normalized spacial score (nSPS) is 17.4.